The minimum atomic E-state index is -1.82. The SMILES string of the molecule is CNC(=N)NCCC[C@H](NC(=O)[C@H](CC(C)C)NC(=O)CNC(=O)[C@H](CC1CCCCC1)NC(=O)[C@@H](NC(=O)[C@H](CC(N)=O)NC(=O)[C@@H]1C[C@@H](O)CN1C(=O)[C@@H](Cc1ccc(O)cc1)NC(C)=O)[C@@H](C)O)C(=O)N[C@@H](Cc1c[nH]c2ccccc12)C(N)=O. The van der Waals surface area contributed by atoms with E-state index < -0.39 is 138 Å². The van der Waals surface area contributed by atoms with Crippen molar-refractivity contribution in [1.29, 1.82) is 5.41 Å². The third kappa shape index (κ3) is 21.8. The van der Waals surface area contributed by atoms with Gasteiger partial charge in [-0.15, -0.1) is 0 Å². The number of carbonyl (C=O) groups is 11. The molecule has 3 aromatic rings. The fourth-order valence-electron chi connectivity index (χ4n) is 10.8. The van der Waals surface area contributed by atoms with Crippen molar-refractivity contribution in [3.63, 3.8) is 0 Å². The van der Waals surface area contributed by atoms with E-state index in [4.69, 9.17) is 16.9 Å². The number of primary amides is 2. The summed E-state index contributed by atoms with van der Waals surface area (Å²) in [5.41, 5.74) is 13.3. The van der Waals surface area contributed by atoms with Crippen LogP contribution >= 0.6 is 0 Å². The number of aromatic amines is 1. The Balaban J connectivity index is 1.27. The van der Waals surface area contributed by atoms with Gasteiger partial charge in [-0.25, -0.2) is 0 Å². The number of hydrogen-bond acceptors (Lipinski definition) is 15. The van der Waals surface area contributed by atoms with E-state index in [1.165, 1.54) is 31.2 Å². The van der Waals surface area contributed by atoms with Crippen LogP contribution in [0.5, 0.6) is 5.75 Å². The Labute approximate surface area is 510 Å². The Kier molecular flexibility index (Phi) is 26.9. The summed E-state index contributed by atoms with van der Waals surface area (Å²) in [6.45, 7) is 5.13. The van der Waals surface area contributed by atoms with E-state index in [-0.39, 0.29) is 81.6 Å². The van der Waals surface area contributed by atoms with Crippen molar-refractivity contribution in [3.8, 4) is 5.75 Å². The van der Waals surface area contributed by atoms with Crippen molar-refractivity contribution in [2.45, 2.75) is 172 Å². The number of aliphatic hydroxyl groups is 2. The van der Waals surface area contributed by atoms with Crippen molar-refractivity contribution >= 4 is 81.8 Å². The molecule has 5 rings (SSSR count). The number of phenols is 1. The van der Waals surface area contributed by atoms with Crippen LogP contribution in [0.15, 0.2) is 54.7 Å². The number of aromatic nitrogens is 1. The molecule has 2 aliphatic rings. The number of likely N-dealkylation sites (tertiary alicyclic amines) is 1. The molecule has 2 heterocycles. The molecule has 2 aromatic carbocycles. The number of hydrogen-bond donors (Lipinski definition) is 17. The molecule has 29 nitrogen and oxygen atoms in total. The molecule has 1 saturated carbocycles. The molecule has 10 atom stereocenters. The minimum Gasteiger partial charge on any atom is -0.508 e. The monoisotopic (exact) mass is 1230 g/mol. The summed E-state index contributed by atoms with van der Waals surface area (Å²) in [6, 6.07) is 1.87. The topological polar surface area (TPSA) is 464 Å². The lowest BCUT2D eigenvalue weighted by atomic mass is 9.84. The number of carbonyl (C=O) groups excluding carboxylic acids is 11. The third-order valence-corrected chi connectivity index (χ3v) is 15.3. The molecule has 1 saturated heterocycles. The van der Waals surface area contributed by atoms with Gasteiger partial charge >= 0.3 is 0 Å². The van der Waals surface area contributed by atoms with E-state index >= 15 is 0 Å². The quantitative estimate of drug-likeness (QED) is 0.0174. The second-order valence-electron chi connectivity index (χ2n) is 23.0. The number of aromatic hydroxyl groups is 1. The lowest BCUT2D eigenvalue weighted by molar-refractivity contribution is -0.142. The molecule has 0 radical (unpaired) electrons. The largest absolute Gasteiger partial charge is 0.508 e. The standard InChI is InChI=1S/C59H87N15O14/c1-31(2)22-43(54(84)69-41(16-11-21-64-59(62)63-5)53(83)70-42(51(61)81)25-36-28-65-40-15-10-9-14-39(36)40)68-49(80)29-66-52(82)44(23-34-12-7-6-8-13-34)72-57(87)50(32(3)75)73-55(85)45(27-48(60)79)71-56(86)47-26-38(78)30-74(47)58(88)46(67-33(4)76)24-35-17-19-37(77)20-18-35/h9-10,14-15,17-20,28,31-32,34,38,41-47,50,65,75,77-78H,6-8,11-13,16,21-27,29-30H2,1-5H3,(H2,60,79)(H2,61,81)(H,66,82)(H,67,76)(H,68,80)(H,69,84)(H,70,83)(H,71,86)(H,72,87)(H,73,85)(H3,62,63,64)/t32-,38-,41+,42+,43+,44+,45+,46-,47+,50+/m1/s1. The predicted octanol–water partition coefficient (Wildman–Crippen LogP) is -2.57. The Morgan fingerprint density at radius 3 is 2.01 bits per heavy atom. The van der Waals surface area contributed by atoms with Crippen molar-refractivity contribution in [3.05, 3.63) is 65.9 Å². The molecule has 88 heavy (non-hydrogen) atoms. The Morgan fingerprint density at radius 1 is 0.727 bits per heavy atom. The van der Waals surface area contributed by atoms with Crippen LogP contribution < -0.4 is 64.6 Å². The zero-order valence-corrected chi connectivity index (χ0v) is 50.4. The number of amides is 11. The molecule has 0 unspecified atom stereocenters. The van der Waals surface area contributed by atoms with Gasteiger partial charge in [0.15, 0.2) is 5.96 Å². The number of rotatable bonds is 32. The number of nitrogens with zero attached hydrogens (tertiary/aromatic N) is 1. The van der Waals surface area contributed by atoms with Crippen LogP contribution in [0, 0.1) is 17.2 Å². The summed E-state index contributed by atoms with van der Waals surface area (Å²) in [7, 11) is 1.55. The summed E-state index contributed by atoms with van der Waals surface area (Å²) < 4.78 is 0. The molecule has 0 spiro atoms. The summed E-state index contributed by atoms with van der Waals surface area (Å²) >= 11 is 0. The number of benzene rings is 2. The molecule has 1 aliphatic carbocycles. The van der Waals surface area contributed by atoms with Gasteiger partial charge in [0.2, 0.25) is 65.0 Å². The molecular weight excluding hydrogens is 1140 g/mol. The van der Waals surface area contributed by atoms with Gasteiger partial charge in [0.1, 0.15) is 54.1 Å². The number of nitrogens with two attached hydrogens (primary N) is 2. The number of aliphatic hydroxyl groups excluding tert-OH is 2. The van der Waals surface area contributed by atoms with Crippen molar-refractivity contribution in [2.75, 3.05) is 26.7 Å². The number of H-pyrrole nitrogens is 1. The average Bonchev–Trinajstić information content (AvgIpc) is 2.76. The molecule has 19 N–H and O–H groups in total. The Hall–Kier alpha value is -8.86. The maximum Gasteiger partial charge on any atom is 0.246 e. The van der Waals surface area contributed by atoms with E-state index in [9.17, 15) is 68.1 Å². The lowest BCUT2D eigenvalue weighted by Gasteiger charge is -2.30. The first-order chi connectivity index (χ1) is 41.7. The predicted molar refractivity (Wildman–Crippen MR) is 321 cm³/mol. The number of para-hydroxylation sites is 1. The summed E-state index contributed by atoms with van der Waals surface area (Å²) in [4.78, 5) is 154. The van der Waals surface area contributed by atoms with Crippen LogP contribution in [0.3, 0.4) is 0 Å². The lowest BCUT2D eigenvalue weighted by Crippen LogP contribution is -2.61. The van der Waals surface area contributed by atoms with Gasteiger partial charge in [-0.05, 0) is 73.8 Å². The van der Waals surface area contributed by atoms with Gasteiger partial charge in [-0.3, -0.25) is 58.1 Å². The van der Waals surface area contributed by atoms with Gasteiger partial charge in [0, 0.05) is 63.4 Å². The van der Waals surface area contributed by atoms with E-state index in [0.29, 0.717) is 24.0 Å². The normalized spacial score (nSPS) is 17.7. The highest BCUT2D eigenvalue weighted by molar-refractivity contribution is 5.99. The number of β-amino-alcohol motifs (C(OH)–C–C–N with tert-alkyl or cyclic N) is 1. The van der Waals surface area contributed by atoms with Gasteiger partial charge < -0.3 is 89.8 Å². The smallest absolute Gasteiger partial charge is 0.246 e. The fourth-order valence-corrected chi connectivity index (χ4v) is 10.8. The zero-order valence-electron chi connectivity index (χ0n) is 50.4. The number of phenolic OH excluding ortho intramolecular Hbond substituents is 1. The first kappa shape index (κ1) is 69.9. The first-order valence-electron chi connectivity index (χ1n) is 29.7. The number of guanidine groups is 1. The van der Waals surface area contributed by atoms with Crippen molar-refractivity contribution < 1.29 is 68.1 Å². The fraction of sp³-hybridized carbons (Fsp3) is 0.559. The van der Waals surface area contributed by atoms with Crippen LogP contribution in [-0.4, -0.2) is 183 Å². The maximum absolute atomic E-state index is 14.2. The van der Waals surface area contributed by atoms with Gasteiger partial charge in [-0.2, -0.15) is 0 Å². The molecule has 0 bridgehead atoms. The van der Waals surface area contributed by atoms with Gasteiger partial charge in [0.05, 0.1) is 25.2 Å². The highest BCUT2D eigenvalue weighted by Crippen LogP contribution is 2.28. The van der Waals surface area contributed by atoms with Crippen molar-refractivity contribution in [1.82, 2.24) is 63.1 Å². The van der Waals surface area contributed by atoms with Crippen LogP contribution in [0.4, 0.5) is 0 Å². The van der Waals surface area contributed by atoms with Crippen LogP contribution in [0.1, 0.15) is 109 Å². The first-order valence-corrected chi connectivity index (χ1v) is 29.7. The molecule has 29 heteroatoms. The molecule has 1 aromatic heterocycles. The minimum absolute atomic E-state index is 0.0190. The summed E-state index contributed by atoms with van der Waals surface area (Å²) in [5, 5.41) is 66.0. The summed E-state index contributed by atoms with van der Waals surface area (Å²) in [6.07, 6.45) is 2.12. The van der Waals surface area contributed by atoms with Crippen LogP contribution in [-0.2, 0) is 65.6 Å². The average molecular weight is 1230 g/mol. The Morgan fingerprint density at radius 2 is 1.38 bits per heavy atom. The highest BCUT2D eigenvalue weighted by atomic mass is 16.3. The number of nitrogens with one attached hydrogen (secondary N) is 12. The van der Waals surface area contributed by atoms with Crippen LogP contribution in [0.25, 0.3) is 10.9 Å². The molecular formula is C59H87N15O14. The van der Waals surface area contributed by atoms with E-state index in [1.807, 2.05) is 24.3 Å². The van der Waals surface area contributed by atoms with Crippen molar-refractivity contribution in [2.24, 2.45) is 23.3 Å². The zero-order chi connectivity index (χ0) is 64.8. The maximum atomic E-state index is 14.2. The molecule has 482 valence electrons. The molecule has 11 amide bonds. The number of fused-ring (bicyclic) bond motifs is 1. The second kappa shape index (κ2) is 33.9. The molecule has 2 fully saturated rings. The third-order valence-electron chi connectivity index (χ3n) is 15.3. The van der Waals surface area contributed by atoms with E-state index in [2.05, 4.69) is 58.2 Å². The van der Waals surface area contributed by atoms with E-state index in [0.717, 1.165) is 42.0 Å². The highest BCUT2D eigenvalue weighted by Gasteiger charge is 2.43. The van der Waals surface area contributed by atoms with E-state index in [1.54, 1.807) is 27.1 Å². The van der Waals surface area contributed by atoms with Crippen LogP contribution in [0.2, 0.25) is 0 Å². The Bertz CT molecular complexity index is 2950. The summed E-state index contributed by atoms with van der Waals surface area (Å²) in [5.74, 6) is -9.91. The molecule has 1 aliphatic heterocycles. The second-order valence-corrected chi connectivity index (χ2v) is 23.0. The van der Waals surface area contributed by atoms with Gasteiger partial charge in [-0.1, -0.05) is 76.3 Å². The van der Waals surface area contributed by atoms with Gasteiger partial charge in [0.25, 0.3) is 0 Å².